The highest BCUT2D eigenvalue weighted by atomic mass is 16.6. The second-order valence-electron chi connectivity index (χ2n) is 21.2. The zero-order chi connectivity index (χ0) is 54.0. The Labute approximate surface area is 446 Å². The van der Waals surface area contributed by atoms with Crippen molar-refractivity contribution in [3.05, 3.63) is 0 Å². The van der Waals surface area contributed by atoms with Crippen molar-refractivity contribution in [2.75, 3.05) is 59.7 Å². The second-order valence-corrected chi connectivity index (χ2v) is 21.2. The van der Waals surface area contributed by atoms with Crippen LogP contribution >= 0.6 is 0 Å². The Kier molecular flexibility index (Phi) is 38.6. The molecule has 2 atom stereocenters. The molecule has 0 bridgehead atoms. The van der Waals surface area contributed by atoms with E-state index in [1.54, 1.807) is 0 Å². The van der Waals surface area contributed by atoms with Crippen molar-refractivity contribution >= 4 is 41.9 Å². The second kappa shape index (κ2) is 43.2. The first-order chi connectivity index (χ1) is 35.9. The Morgan fingerprint density at radius 2 is 0.770 bits per heavy atom. The first-order valence-corrected chi connectivity index (χ1v) is 29.5. The van der Waals surface area contributed by atoms with Gasteiger partial charge in [-0.2, -0.15) is 0 Å². The van der Waals surface area contributed by atoms with Gasteiger partial charge in [-0.05, 0) is 45.6 Å². The van der Waals surface area contributed by atoms with Crippen LogP contribution in [0.1, 0.15) is 240 Å². The van der Waals surface area contributed by atoms with Gasteiger partial charge in [-0.25, -0.2) is 4.79 Å². The van der Waals surface area contributed by atoms with Crippen LogP contribution in [-0.2, 0) is 61.9 Å². The lowest BCUT2D eigenvalue weighted by molar-refractivity contribution is -0.157. The number of ether oxygens (including phenoxy) is 7. The summed E-state index contributed by atoms with van der Waals surface area (Å²) in [5.74, 6) is -4.02. The van der Waals surface area contributed by atoms with E-state index in [2.05, 4.69) is 32.6 Å². The molecule has 2 saturated heterocycles. The monoisotopic (exact) mass is 1050 g/mol. The molecule has 2 aliphatic rings. The zero-order valence-corrected chi connectivity index (χ0v) is 47.0. The molecule has 0 aromatic heterocycles. The van der Waals surface area contributed by atoms with Crippen molar-refractivity contribution in [3.8, 4) is 0 Å². The summed E-state index contributed by atoms with van der Waals surface area (Å²) in [5, 5.41) is 0. The fraction of sp³-hybridized carbons (Fsp3) is 0.879. The maximum absolute atomic E-state index is 13.8. The highest BCUT2D eigenvalue weighted by Gasteiger charge is 2.40. The van der Waals surface area contributed by atoms with Gasteiger partial charge < -0.3 is 38.1 Å². The van der Waals surface area contributed by atoms with Crippen molar-refractivity contribution < 1.29 is 66.7 Å². The first kappa shape index (κ1) is 66.2. The molecule has 2 aliphatic heterocycles. The van der Waals surface area contributed by atoms with Gasteiger partial charge in [-0.15, -0.1) is 0 Å². The van der Waals surface area contributed by atoms with Crippen LogP contribution in [0.3, 0.4) is 0 Å². The van der Waals surface area contributed by atoms with Gasteiger partial charge in [-0.3, -0.25) is 33.7 Å². The number of carbonyl (C=O) groups is 7. The molecule has 0 radical (unpaired) electrons. The van der Waals surface area contributed by atoms with Crippen molar-refractivity contribution in [2.45, 2.75) is 258 Å². The van der Waals surface area contributed by atoms with E-state index in [0.717, 1.165) is 142 Å². The van der Waals surface area contributed by atoms with Crippen LogP contribution in [0.25, 0.3) is 0 Å². The SMILES string of the molecule is CCCCCCCCC(=O)OCC(COC(=O)CCCCCCCC)CC(=O)OC[C@@H]1C[C@H](OC(=O)CC(COC(=O)CCCCCCCC)COC(=O)CCCCCCCC)CN1C(=O)OC1CCN(C)CC1. The number of nitrogens with zero attached hydrogens (tertiary/aromatic N) is 2. The highest BCUT2D eigenvalue weighted by Crippen LogP contribution is 2.26. The molecule has 2 fully saturated rings. The molecule has 0 aromatic rings. The van der Waals surface area contributed by atoms with Crippen LogP contribution < -0.4 is 0 Å². The molecule has 0 unspecified atom stereocenters. The molecule has 16 nitrogen and oxygen atoms in total. The van der Waals surface area contributed by atoms with Gasteiger partial charge in [-0.1, -0.05) is 156 Å². The average molecular weight is 1050 g/mol. The third-order valence-electron chi connectivity index (χ3n) is 14.0. The smallest absolute Gasteiger partial charge is 0.410 e. The molecule has 428 valence electrons. The van der Waals surface area contributed by atoms with Gasteiger partial charge in [0, 0.05) is 57.0 Å². The third-order valence-corrected chi connectivity index (χ3v) is 14.0. The van der Waals surface area contributed by atoms with E-state index < -0.39 is 42.0 Å². The van der Waals surface area contributed by atoms with Crippen LogP contribution in [-0.4, -0.2) is 130 Å². The molecule has 2 rings (SSSR count). The summed E-state index contributed by atoms with van der Waals surface area (Å²) in [6, 6.07) is -0.694. The number of amides is 1. The van der Waals surface area contributed by atoms with Crippen molar-refractivity contribution in [2.24, 2.45) is 11.8 Å². The number of piperidine rings is 1. The maximum Gasteiger partial charge on any atom is 0.410 e. The minimum Gasteiger partial charge on any atom is -0.465 e. The van der Waals surface area contributed by atoms with E-state index in [9.17, 15) is 33.6 Å². The van der Waals surface area contributed by atoms with Crippen molar-refractivity contribution in [3.63, 3.8) is 0 Å². The lowest BCUT2D eigenvalue weighted by atomic mass is 10.1. The van der Waals surface area contributed by atoms with Crippen LogP contribution in [0.2, 0.25) is 0 Å². The normalized spacial score (nSPS) is 16.1. The van der Waals surface area contributed by atoms with E-state index in [0.29, 0.717) is 38.5 Å². The van der Waals surface area contributed by atoms with E-state index in [1.165, 1.54) is 4.90 Å². The summed E-state index contributed by atoms with van der Waals surface area (Å²) in [6.45, 7) is 9.45. The Bertz CT molecular complexity index is 1470. The van der Waals surface area contributed by atoms with Crippen LogP contribution in [0, 0.1) is 11.8 Å². The summed E-state index contributed by atoms with van der Waals surface area (Å²) < 4.78 is 40.1. The number of unbranched alkanes of at least 4 members (excludes halogenated alkanes) is 20. The van der Waals surface area contributed by atoms with Crippen molar-refractivity contribution in [1.82, 2.24) is 9.80 Å². The summed E-state index contributed by atoms with van der Waals surface area (Å²) in [4.78, 5) is 95.5. The predicted molar refractivity (Wildman–Crippen MR) is 285 cm³/mol. The largest absolute Gasteiger partial charge is 0.465 e. The lowest BCUT2D eigenvalue weighted by Crippen LogP contribution is -2.43. The fourth-order valence-electron chi connectivity index (χ4n) is 9.27. The molecule has 1 amide bonds. The number of likely N-dealkylation sites (tertiary alicyclic amines) is 2. The number of hydrogen-bond acceptors (Lipinski definition) is 15. The van der Waals surface area contributed by atoms with E-state index in [-0.39, 0.29) is 115 Å². The minimum atomic E-state index is -0.771. The zero-order valence-electron chi connectivity index (χ0n) is 47.0. The van der Waals surface area contributed by atoms with Crippen LogP contribution in [0.15, 0.2) is 0 Å². The Balaban J connectivity index is 2.12. The molecule has 0 aromatic carbocycles. The summed E-state index contributed by atoms with van der Waals surface area (Å²) in [5.41, 5.74) is 0. The Morgan fingerprint density at radius 3 is 1.15 bits per heavy atom. The van der Waals surface area contributed by atoms with Crippen LogP contribution in [0.4, 0.5) is 4.79 Å². The minimum absolute atomic E-state index is 0.00367. The Hall–Kier alpha value is -3.95. The van der Waals surface area contributed by atoms with E-state index >= 15 is 0 Å². The summed E-state index contributed by atoms with van der Waals surface area (Å²) in [7, 11) is 2.01. The van der Waals surface area contributed by atoms with E-state index in [4.69, 9.17) is 33.2 Å². The number of hydrogen-bond donors (Lipinski definition) is 0. The number of rotatable bonds is 44. The summed E-state index contributed by atoms with van der Waals surface area (Å²) in [6.07, 6.45) is 25.0. The lowest BCUT2D eigenvalue weighted by Gasteiger charge is -2.31. The number of esters is 6. The first-order valence-electron chi connectivity index (χ1n) is 29.5. The topological polar surface area (TPSA) is 191 Å². The van der Waals surface area contributed by atoms with Gasteiger partial charge in [0.2, 0.25) is 0 Å². The molecule has 0 aliphatic carbocycles. The molecule has 16 heteroatoms. The van der Waals surface area contributed by atoms with Gasteiger partial charge >= 0.3 is 41.9 Å². The molecular formula is C58H102N2O14. The quantitative estimate of drug-likeness (QED) is 0.0318. The summed E-state index contributed by atoms with van der Waals surface area (Å²) >= 11 is 0. The molecule has 0 spiro atoms. The average Bonchev–Trinajstić information content (AvgIpc) is 3.79. The molecule has 0 N–H and O–H groups in total. The molecular weight excluding hydrogens is 949 g/mol. The van der Waals surface area contributed by atoms with Gasteiger partial charge in [0.05, 0.1) is 51.9 Å². The molecule has 2 heterocycles. The van der Waals surface area contributed by atoms with Gasteiger partial charge in [0.25, 0.3) is 0 Å². The maximum atomic E-state index is 13.8. The molecule has 0 saturated carbocycles. The predicted octanol–water partition coefficient (Wildman–Crippen LogP) is 11.9. The van der Waals surface area contributed by atoms with Gasteiger partial charge in [0.1, 0.15) is 18.8 Å². The van der Waals surface area contributed by atoms with E-state index in [1.807, 2.05) is 7.05 Å². The highest BCUT2D eigenvalue weighted by molar-refractivity contribution is 5.73. The standard InChI is InChI=1S/C58H102N2O14/c1-6-10-14-18-22-26-30-52(61)68-42-47(43-69-53(62)31-27-23-19-15-11-7-2)38-56(65)72-46-49-40-51(41-60(49)58(67)74-50-34-36-59(5)37-35-50)73-57(66)39-48(44-70-54(63)32-28-24-20-16-12-8-3)45-71-55(64)33-29-25-21-17-13-9-4/h47-51H,6-46H2,1-5H3/t49-,51-/m0/s1. The Morgan fingerprint density at radius 1 is 0.419 bits per heavy atom. The van der Waals surface area contributed by atoms with Gasteiger partial charge in [0.15, 0.2) is 0 Å². The fourth-order valence-corrected chi connectivity index (χ4v) is 9.27. The van der Waals surface area contributed by atoms with Crippen LogP contribution in [0.5, 0.6) is 0 Å². The number of carbonyl (C=O) groups excluding carboxylic acids is 7. The molecule has 74 heavy (non-hydrogen) atoms. The third kappa shape index (κ3) is 33.9. The van der Waals surface area contributed by atoms with Crippen molar-refractivity contribution in [1.29, 1.82) is 0 Å².